The van der Waals surface area contributed by atoms with Crippen LogP contribution in [0.4, 0.5) is 4.79 Å². The fourth-order valence-electron chi connectivity index (χ4n) is 2.51. The number of carbonyl (C=O) groups is 2. The molecule has 2 heterocycles. The van der Waals surface area contributed by atoms with Crippen LogP contribution < -0.4 is 15.4 Å². The molecule has 0 bridgehead atoms. The lowest BCUT2D eigenvalue weighted by atomic mass is 10.2. The van der Waals surface area contributed by atoms with E-state index in [0.717, 1.165) is 29.5 Å². The lowest BCUT2D eigenvalue weighted by molar-refractivity contribution is -0.122. The molecule has 22 heavy (non-hydrogen) atoms. The minimum absolute atomic E-state index is 0.256. The molecular formula is C14H16N4O3S. The fraction of sp³-hybridized carbons (Fsp3) is 0.429. The Balaban J connectivity index is 1.72. The van der Waals surface area contributed by atoms with Crippen LogP contribution in [0.1, 0.15) is 23.8 Å². The number of hydrogen-bond donors (Lipinski definition) is 2. The van der Waals surface area contributed by atoms with E-state index in [2.05, 4.69) is 20.6 Å². The van der Waals surface area contributed by atoms with E-state index in [-0.39, 0.29) is 6.61 Å². The minimum Gasteiger partial charge on any atom is -0.467 e. The van der Waals surface area contributed by atoms with Crippen molar-refractivity contribution in [3.63, 3.8) is 0 Å². The maximum absolute atomic E-state index is 11.7. The molecule has 0 aliphatic heterocycles. The zero-order chi connectivity index (χ0) is 15.5. The van der Waals surface area contributed by atoms with Crippen LogP contribution in [-0.2, 0) is 17.6 Å². The summed E-state index contributed by atoms with van der Waals surface area (Å²) in [5.74, 6) is -0.0972. The van der Waals surface area contributed by atoms with E-state index >= 15 is 0 Å². The number of thiophene rings is 1. The van der Waals surface area contributed by atoms with Crippen molar-refractivity contribution in [2.75, 3.05) is 13.2 Å². The van der Waals surface area contributed by atoms with Gasteiger partial charge in [-0.15, -0.1) is 11.3 Å². The van der Waals surface area contributed by atoms with Gasteiger partial charge in [-0.25, -0.2) is 14.8 Å². The molecule has 0 spiro atoms. The second-order valence-corrected chi connectivity index (χ2v) is 6.00. The fourth-order valence-corrected chi connectivity index (χ4v) is 3.73. The highest BCUT2D eigenvalue weighted by Crippen LogP contribution is 2.39. The molecule has 2 aromatic heterocycles. The molecule has 2 aromatic rings. The highest BCUT2D eigenvalue weighted by Gasteiger charge is 2.22. The second kappa shape index (κ2) is 6.27. The van der Waals surface area contributed by atoms with Crippen molar-refractivity contribution in [2.24, 2.45) is 0 Å². The number of urea groups is 1. The molecule has 0 atom stereocenters. The summed E-state index contributed by atoms with van der Waals surface area (Å²) in [6.45, 7) is 1.97. The van der Waals surface area contributed by atoms with Gasteiger partial charge in [0.1, 0.15) is 11.2 Å². The Bertz CT molecular complexity index is 728. The van der Waals surface area contributed by atoms with E-state index in [1.165, 1.54) is 16.8 Å². The quantitative estimate of drug-likeness (QED) is 0.888. The van der Waals surface area contributed by atoms with Crippen molar-refractivity contribution in [1.29, 1.82) is 0 Å². The van der Waals surface area contributed by atoms with Crippen molar-refractivity contribution < 1.29 is 14.3 Å². The molecule has 2 N–H and O–H groups in total. The second-order valence-electron chi connectivity index (χ2n) is 4.91. The SMILES string of the molecule is CCNC(=O)NC(=O)COc1ncnc2sc3c(c12)CCC3. The van der Waals surface area contributed by atoms with Crippen molar-refractivity contribution in [1.82, 2.24) is 20.6 Å². The van der Waals surface area contributed by atoms with E-state index in [1.807, 2.05) is 0 Å². The van der Waals surface area contributed by atoms with Crippen LogP contribution >= 0.6 is 11.3 Å². The number of hydrogen-bond acceptors (Lipinski definition) is 6. The van der Waals surface area contributed by atoms with Gasteiger partial charge >= 0.3 is 6.03 Å². The maximum atomic E-state index is 11.7. The van der Waals surface area contributed by atoms with Gasteiger partial charge in [-0.05, 0) is 31.7 Å². The summed E-state index contributed by atoms with van der Waals surface area (Å²) < 4.78 is 5.51. The average molecular weight is 320 g/mol. The highest BCUT2D eigenvalue weighted by atomic mass is 32.1. The van der Waals surface area contributed by atoms with Crippen molar-refractivity contribution in [3.05, 3.63) is 16.8 Å². The Morgan fingerprint density at radius 1 is 1.36 bits per heavy atom. The number of nitrogens with zero attached hydrogens (tertiary/aromatic N) is 2. The van der Waals surface area contributed by atoms with Gasteiger partial charge in [-0.3, -0.25) is 10.1 Å². The molecule has 0 fully saturated rings. The standard InChI is InChI=1S/C14H16N4O3S/c1-2-15-14(20)18-10(19)6-21-12-11-8-4-3-5-9(8)22-13(11)17-7-16-12/h7H,2-6H2,1H3,(H2,15,18,19,20). The van der Waals surface area contributed by atoms with E-state index < -0.39 is 11.9 Å². The number of rotatable bonds is 4. The van der Waals surface area contributed by atoms with Gasteiger partial charge in [0.25, 0.3) is 5.91 Å². The summed E-state index contributed by atoms with van der Waals surface area (Å²) in [5, 5.41) is 5.58. The van der Waals surface area contributed by atoms with Crippen LogP contribution in [0, 0.1) is 0 Å². The molecule has 0 radical (unpaired) electrons. The molecule has 3 amide bonds. The predicted octanol–water partition coefficient (Wildman–Crippen LogP) is 1.40. The summed E-state index contributed by atoms with van der Waals surface area (Å²) in [6, 6.07) is -0.527. The normalized spacial score (nSPS) is 13.0. The Hall–Kier alpha value is -2.22. The first-order valence-corrected chi connectivity index (χ1v) is 7.96. The molecule has 0 aromatic carbocycles. The van der Waals surface area contributed by atoms with Crippen LogP contribution in [0.15, 0.2) is 6.33 Å². The highest BCUT2D eigenvalue weighted by molar-refractivity contribution is 7.18. The third-order valence-corrected chi connectivity index (χ3v) is 4.60. The smallest absolute Gasteiger partial charge is 0.321 e. The number of nitrogens with one attached hydrogen (secondary N) is 2. The van der Waals surface area contributed by atoms with E-state index in [0.29, 0.717) is 12.4 Å². The number of fused-ring (bicyclic) bond motifs is 3. The Labute approximate surface area is 131 Å². The molecule has 7 nitrogen and oxygen atoms in total. The number of aryl methyl sites for hydroxylation is 2. The van der Waals surface area contributed by atoms with Crippen LogP contribution in [0.25, 0.3) is 10.2 Å². The molecule has 3 rings (SSSR count). The summed E-state index contributed by atoms with van der Waals surface area (Å²) >= 11 is 1.66. The van der Waals surface area contributed by atoms with E-state index in [4.69, 9.17) is 4.74 Å². The Morgan fingerprint density at radius 2 is 2.23 bits per heavy atom. The van der Waals surface area contributed by atoms with Gasteiger partial charge in [0.2, 0.25) is 5.88 Å². The van der Waals surface area contributed by atoms with Gasteiger partial charge in [0.15, 0.2) is 6.61 Å². The summed E-state index contributed by atoms with van der Waals surface area (Å²) in [6.07, 6.45) is 4.62. The zero-order valence-electron chi connectivity index (χ0n) is 12.1. The summed E-state index contributed by atoms with van der Waals surface area (Å²) in [5.41, 5.74) is 1.24. The van der Waals surface area contributed by atoms with Crippen LogP contribution in [0.5, 0.6) is 5.88 Å². The van der Waals surface area contributed by atoms with Crippen LogP contribution in [0.2, 0.25) is 0 Å². The Morgan fingerprint density at radius 3 is 3.05 bits per heavy atom. The van der Waals surface area contributed by atoms with Crippen LogP contribution in [0.3, 0.4) is 0 Å². The molecule has 0 saturated carbocycles. The average Bonchev–Trinajstić information content (AvgIpc) is 3.05. The lowest BCUT2D eigenvalue weighted by Gasteiger charge is -2.07. The van der Waals surface area contributed by atoms with Gasteiger partial charge in [0, 0.05) is 11.4 Å². The van der Waals surface area contributed by atoms with Crippen molar-refractivity contribution in [2.45, 2.75) is 26.2 Å². The molecule has 116 valence electrons. The van der Waals surface area contributed by atoms with Gasteiger partial charge in [0.05, 0.1) is 5.39 Å². The predicted molar refractivity (Wildman–Crippen MR) is 82.2 cm³/mol. The third-order valence-electron chi connectivity index (χ3n) is 3.40. The lowest BCUT2D eigenvalue weighted by Crippen LogP contribution is -2.41. The number of amides is 3. The van der Waals surface area contributed by atoms with Crippen molar-refractivity contribution >= 4 is 33.5 Å². The number of carbonyl (C=O) groups excluding carboxylic acids is 2. The first kappa shape index (κ1) is 14.7. The topological polar surface area (TPSA) is 93.2 Å². The molecule has 8 heteroatoms. The first-order valence-electron chi connectivity index (χ1n) is 7.14. The number of ether oxygens (including phenoxy) is 1. The molecule has 0 saturated heterocycles. The molecule has 1 aliphatic rings. The van der Waals surface area contributed by atoms with E-state index in [1.54, 1.807) is 18.3 Å². The largest absolute Gasteiger partial charge is 0.467 e. The molecular weight excluding hydrogens is 304 g/mol. The van der Waals surface area contributed by atoms with Gasteiger partial charge in [-0.2, -0.15) is 0 Å². The van der Waals surface area contributed by atoms with Gasteiger partial charge < -0.3 is 10.1 Å². The summed E-state index contributed by atoms with van der Waals surface area (Å²) in [4.78, 5) is 33.6. The molecule has 1 aliphatic carbocycles. The summed E-state index contributed by atoms with van der Waals surface area (Å²) in [7, 11) is 0. The van der Waals surface area contributed by atoms with E-state index in [9.17, 15) is 9.59 Å². The van der Waals surface area contributed by atoms with Crippen molar-refractivity contribution in [3.8, 4) is 5.88 Å². The maximum Gasteiger partial charge on any atom is 0.321 e. The monoisotopic (exact) mass is 320 g/mol. The minimum atomic E-state index is -0.527. The van der Waals surface area contributed by atoms with Crippen LogP contribution in [-0.4, -0.2) is 35.1 Å². The first-order chi connectivity index (χ1) is 10.7. The van der Waals surface area contributed by atoms with Gasteiger partial charge in [-0.1, -0.05) is 0 Å². The number of aromatic nitrogens is 2. The zero-order valence-corrected chi connectivity index (χ0v) is 13.0. The third kappa shape index (κ3) is 2.87. The Kier molecular flexibility index (Phi) is 4.19. The molecule has 0 unspecified atom stereocenters. The number of imide groups is 1.